The van der Waals surface area contributed by atoms with Crippen molar-refractivity contribution >= 4 is 81.5 Å². The number of halogens is 3. The number of carbonyl (C=O) groups excluding carboxylic acids is 1. The van der Waals surface area contributed by atoms with Crippen molar-refractivity contribution in [1.29, 1.82) is 0 Å². The van der Waals surface area contributed by atoms with Crippen LogP contribution in [0, 0.1) is 52.4 Å². The fraction of sp³-hybridized carbons (Fsp3) is 0.341. The number of carbonyl (C=O) groups is 1. The third-order valence-corrected chi connectivity index (χ3v) is 41.1. The first-order valence-corrected chi connectivity index (χ1v) is 61.5. The lowest BCUT2D eigenvalue weighted by molar-refractivity contribution is -0.188. The highest BCUT2D eigenvalue weighted by atomic mass is 32.2. The van der Waals surface area contributed by atoms with Gasteiger partial charge in [-0.3, -0.25) is 0 Å². The van der Waals surface area contributed by atoms with E-state index in [1.807, 2.05) is 60.7 Å². The number of ether oxygens (including phenoxy) is 2. The van der Waals surface area contributed by atoms with Crippen LogP contribution in [0.5, 0.6) is 11.5 Å². The number of hydrogen-bond acceptors (Lipinski definition) is 6. The summed E-state index contributed by atoms with van der Waals surface area (Å²) in [5, 5.41) is 0. The first-order chi connectivity index (χ1) is 69.8. The van der Waals surface area contributed by atoms with Gasteiger partial charge in [-0.1, -0.05) is 308 Å². The summed E-state index contributed by atoms with van der Waals surface area (Å²) in [6, 6.07) is 128. The number of esters is 1. The summed E-state index contributed by atoms with van der Waals surface area (Å²) in [4.78, 5) is 30.8. The van der Waals surface area contributed by atoms with E-state index in [2.05, 4.69) is 392 Å². The van der Waals surface area contributed by atoms with Crippen molar-refractivity contribution in [1.82, 2.24) is 0 Å². The Morgan fingerprint density at radius 1 is 0.338 bits per heavy atom. The molecule has 0 heterocycles. The largest absolute Gasteiger partial charge is 0.534 e. The van der Waals surface area contributed by atoms with E-state index in [1.165, 1.54) is 197 Å². The molecule has 0 N–H and O–H groups in total. The Bertz CT molecular complexity index is 6020. The van der Waals surface area contributed by atoms with Gasteiger partial charge in [-0.25, -0.2) is 4.79 Å². The van der Waals surface area contributed by atoms with Crippen LogP contribution in [0.15, 0.2) is 433 Å². The Kier molecular flexibility index (Phi) is 43.8. The van der Waals surface area contributed by atoms with Crippen LogP contribution in [0.1, 0.15) is 216 Å². The first kappa shape index (κ1) is 114. The first-order valence-electron chi connectivity index (χ1n) is 51.9. The molecule has 14 aromatic rings. The van der Waals surface area contributed by atoms with Gasteiger partial charge in [-0.15, -0.1) is 0 Å². The van der Waals surface area contributed by atoms with Gasteiger partial charge in [0.25, 0.3) is 0 Å². The molecule has 4 aliphatic carbocycles. The molecule has 6 nitrogen and oxygen atoms in total. The minimum Gasteiger partial charge on any atom is -0.481 e. The predicted octanol–water partition coefficient (Wildman–Crippen LogP) is 34.9. The van der Waals surface area contributed by atoms with E-state index in [0.717, 1.165) is 79.5 Å². The van der Waals surface area contributed by atoms with Crippen LogP contribution < -0.4 is 8.92 Å². The normalized spacial score (nSPS) is 15.2. The molecule has 4 aliphatic rings. The van der Waals surface area contributed by atoms with Gasteiger partial charge >= 0.3 is 21.6 Å². The summed E-state index contributed by atoms with van der Waals surface area (Å²) >= 11 is 0. The second kappa shape index (κ2) is 55.8. The van der Waals surface area contributed by atoms with E-state index in [0.29, 0.717) is 11.1 Å². The molecule has 0 amide bonds. The lowest BCUT2D eigenvalue weighted by Gasteiger charge is -2.55. The Morgan fingerprint density at radius 3 is 0.938 bits per heavy atom. The molecule has 0 saturated heterocycles. The highest BCUT2D eigenvalue weighted by Gasteiger charge is 2.54. The van der Waals surface area contributed by atoms with Crippen molar-refractivity contribution < 1.29 is 40.0 Å². The average molecular weight is 2080 g/mol. The summed E-state index contributed by atoms with van der Waals surface area (Å²) in [5.41, 5.74) is 3.09. The topological polar surface area (TPSA) is 78.9 Å². The smallest absolute Gasteiger partial charge is 0.481 e. The van der Waals surface area contributed by atoms with Crippen LogP contribution in [0.3, 0.4) is 0 Å². The van der Waals surface area contributed by atoms with Gasteiger partial charge in [0.05, 0.1) is 54.5 Å². The standard InChI is InChI=1S/C32H35O3S.C24H27S.C21H18F3O3S2.C21H29S.C19H17S.C12H27S/c1-22-13-29(36(27-9-5-3-6-10-27)28-11-7-4-8-12-28)14-23(2)31(22)34-21-30(33)35-32-18-24-15-25(19-32)17-26(16-24)20-32;1-2-3-4-7-12-21-17-19-24(20-18-21)25(22-13-8-5-9-14-22)23-15-10-6-11-16-23;1-15-13-19(14-16(2)20(15)27-29(25,26)21(22,23)24)28(17-9-5-3-6-10-17)18-11-7-4-8-12-18;1-20(2,3)16-8-12-18(13-9-16)22(7)19-14-10-17(11-15-19)21(4,5)6;1-16-10-8-9-15-19(16)20(17-11-4-2-5-12-17)18-13-6-3-7-14-18;1-4-7-10-13(11-8-5-2)12-9-6-3/h3-14,24-26H,15-21H2,1-2H3;5-6,8-11,13-20H,2-4,7,12H2,1H3;3-14H,1-2H3;8-15H,1-7H3;2-15H,1H3;4-12H2,1-3H3/q6*+1. The second-order valence-corrected chi connectivity index (χ2v) is 54.4. The van der Waals surface area contributed by atoms with Crippen molar-refractivity contribution in [2.24, 2.45) is 17.8 Å². The van der Waals surface area contributed by atoms with Crippen LogP contribution >= 0.6 is 0 Å². The molecule has 0 unspecified atom stereocenters. The van der Waals surface area contributed by atoms with Crippen LogP contribution in [-0.4, -0.2) is 55.6 Å². The Balaban J connectivity index is 0.000000159. The highest BCUT2D eigenvalue weighted by Crippen LogP contribution is 2.57. The molecule has 4 bridgehead atoms. The minimum absolute atomic E-state index is 0.0220. The van der Waals surface area contributed by atoms with Gasteiger partial charge in [0.1, 0.15) is 40.6 Å². The molecule has 0 radical (unpaired) electrons. The fourth-order valence-corrected chi connectivity index (χ4v) is 32.8. The van der Waals surface area contributed by atoms with Crippen LogP contribution in [0.25, 0.3) is 0 Å². The number of hydrogen-bond donors (Lipinski definition) is 0. The van der Waals surface area contributed by atoms with Gasteiger partial charge in [-0.2, -0.15) is 21.6 Å². The zero-order valence-corrected chi connectivity index (χ0v) is 93.9. The Morgan fingerprint density at radius 2 is 0.628 bits per heavy atom. The van der Waals surface area contributed by atoms with Crippen molar-refractivity contribution in [3.8, 4) is 11.5 Å². The fourth-order valence-electron chi connectivity index (χ4n) is 19.3. The molecule has 4 saturated carbocycles. The van der Waals surface area contributed by atoms with Gasteiger partial charge < -0.3 is 13.7 Å². The molecule has 0 aliphatic heterocycles. The lowest BCUT2D eigenvalue weighted by Crippen LogP contribution is -2.53. The Labute approximate surface area is 885 Å². The molecule has 4 fully saturated rings. The number of aryl methyl sites for hydroxylation is 6. The van der Waals surface area contributed by atoms with Gasteiger partial charge in [0.15, 0.2) is 75.1 Å². The maximum absolute atomic E-state index is 12.9. The van der Waals surface area contributed by atoms with Crippen molar-refractivity contribution in [3.63, 3.8) is 0 Å². The van der Waals surface area contributed by atoms with Gasteiger partial charge in [0.2, 0.25) is 0 Å². The number of unbranched alkanes of at least 4 members (excludes halogenated alkanes) is 6. The molecular formula is C129H153F3O6S7+6. The summed E-state index contributed by atoms with van der Waals surface area (Å²) in [6.07, 6.45) is 24.5. The summed E-state index contributed by atoms with van der Waals surface area (Å²) < 4.78 is 77.8. The maximum atomic E-state index is 12.9. The van der Waals surface area contributed by atoms with Gasteiger partial charge in [0, 0.05) is 29.8 Å². The molecule has 0 aromatic heterocycles. The molecule has 0 atom stereocenters. The quantitative estimate of drug-likeness (QED) is 0.0131. The van der Waals surface area contributed by atoms with Crippen molar-refractivity contribution in [3.05, 3.63) is 408 Å². The van der Waals surface area contributed by atoms with Crippen molar-refractivity contribution in [2.45, 2.75) is 303 Å². The average Bonchev–Trinajstić information content (AvgIpc) is 0.747. The highest BCUT2D eigenvalue weighted by molar-refractivity contribution is 7.98. The lowest BCUT2D eigenvalue weighted by atomic mass is 9.54. The molecule has 16 heteroatoms. The van der Waals surface area contributed by atoms with E-state index in [-0.39, 0.29) is 78.3 Å². The summed E-state index contributed by atoms with van der Waals surface area (Å²) in [6.45, 7) is 32.2. The Hall–Kier alpha value is -10.0. The van der Waals surface area contributed by atoms with Crippen molar-refractivity contribution in [2.75, 3.05) is 30.1 Å². The van der Waals surface area contributed by atoms with Crippen LogP contribution in [-0.2, 0) is 102 Å². The monoisotopic (exact) mass is 2080 g/mol. The summed E-state index contributed by atoms with van der Waals surface area (Å²) in [5.74, 6) is 7.08. The third kappa shape index (κ3) is 33.5. The van der Waals surface area contributed by atoms with E-state index in [9.17, 15) is 26.4 Å². The zero-order chi connectivity index (χ0) is 104. The van der Waals surface area contributed by atoms with Crippen LogP contribution in [0.2, 0.25) is 0 Å². The molecular weight excluding hydrogens is 1930 g/mol. The predicted molar refractivity (Wildman–Crippen MR) is 612 cm³/mol. The minimum atomic E-state index is -5.73. The van der Waals surface area contributed by atoms with E-state index in [1.54, 1.807) is 12.1 Å². The maximum Gasteiger partial charge on any atom is 0.534 e. The van der Waals surface area contributed by atoms with Crippen LogP contribution in [0.4, 0.5) is 13.2 Å². The van der Waals surface area contributed by atoms with E-state index >= 15 is 0 Å². The number of alkyl halides is 3. The van der Waals surface area contributed by atoms with Gasteiger partial charge in [-0.05, 0) is 323 Å². The molecule has 18 rings (SSSR count). The molecule has 0 spiro atoms. The SMILES string of the molecule is CCCCCCc1ccc([S+](c2ccccc2)c2ccccc2)cc1.CCCC[S+](CCCC)CCCC.C[S+](c1ccc(C(C)(C)C)cc1)c1ccc(C(C)(C)C)cc1.Cc1cc([S+](c2ccccc2)c2ccccc2)cc(C)c1OCC(=O)OC12CC3CC(CC(C3)C1)C2.Cc1cc([S+](c2ccccc2)c2ccccc2)cc(C)c1OS(=O)(=O)C(F)(F)F.Cc1ccccc1[S+](c1ccccc1)c1ccccc1. The number of benzene rings is 14. The zero-order valence-electron chi connectivity index (χ0n) is 88.2. The number of rotatable bonds is 34. The van der Waals surface area contributed by atoms with E-state index < -0.39 is 26.5 Å². The molecule has 14 aromatic carbocycles. The second-order valence-electron chi connectivity index (χ2n) is 40.4. The third-order valence-electron chi connectivity index (χ3n) is 26.6. The molecule has 145 heavy (non-hydrogen) atoms. The van der Waals surface area contributed by atoms with E-state index in [4.69, 9.17) is 9.47 Å². The molecule has 762 valence electrons. The summed E-state index contributed by atoms with van der Waals surface area (Å²) in [7, 11) is -5.60.